The van der Waals surface area contributed by atoms with Crippen LogP contribution in [0.15, 0.2) is 64.5 Å². The number of rotatable bonds is 11. The van der Waals surface area contributed by atoms with Gasteiger partial charge in [-0.15, -0.1) is 0 Å². The first-order valence-corrected chi connectivity index (χ1v) is 13.2. The maximum atomic E-state index is 13.4. The molecule has 1 aliphatic rings. The molecule has 0 unspecified atom stereocenters. The largest absolute Gasteiger partial charge is 0.467 e. The lowest BCUT2D eigenvalue weighted by atomic mass is 10.1. The molecule has 1 saturated carbocycles. The fraction of sp³-hybridized carbons (Fsp3) is 0.440. The van der Waals surface area contributed by atoms with Gasteiger partial charge < -0.3 is 18.6 Å². The van der Waals surface area contributed by atoms with Crippen molar-refractivity contribution in [3.63, 3.8) is 0 Å². The number of sulfone groups is 1. The molecule has 0 N–H and O–H groups in total. The number of benzene rings is 1. The van der Waals surface area contributed by atoms with E-state index in [1.165, 1.54) is 0 Å². The second kappa shape index (κ2) is 11.0. The average Bonchev–Trinajstić information content (AvgIpc) is 3.59. The number of imidazole rings is 1. The standard InChI is InChI=1S/C25H31N3O5S/c1-32-15-13-28-22(16-26-25(28)34(30,31)19-20-8-3-2-4-9-20)17-27(18-23-12-7-14-33-23)24(29)21-10-5-6-11-21/h2-4,7-9,12,14,16,21H,5-6,10-11,13,15,17-19H2,1H3. The van der Waals surface area contributed by atoms with Crippen LogP contribution in [0.4, 0.5) is 0 Å². The molecule has 0 aliphatic heterocycles. The molecule has 9 heteroatoms. The zero-order valence-electron chi connectivity index (χ0n) is 19.4. The number of nitrogens with zero attached hydrogens (tertiary/aromatic N) is 3. The van der Waals surface area contributed by atoms with Crippen LogP contribution in [0.2, 0.25) is 0 Å². The summed E-state index contributed by atoms with van der Waals surface area (Å²) in [6.45, 7) is 1.21. The summed E-state index contributed by atoms with van der Waals surface area (Å²) in [7, 11) is -2.13. The van der Waals surface area contributed by atoms with Crippen LogP contribution in [0, 0.1) is 5.92 Å². The summed E-state index contributed by atoms with van der Waals surface area (Å²) < 4.78 is 38.9. The highest BCUT2D eigenvalue weighted by Gasteiger charge is 2.30. The van der Waals surface area contributed by atoms with Crippen LogP contribution in [-0.4, -0.2) is 42.5 Å². The molecular weight excluding hydrogens is 454 g/mol. The summed E-state index contributed by atoms with van der Waals surface area (Å²) >= 11 is 0. The van der Waals surface area contributed by atoms with Crippen molar-refractivity contribution in [2.75, 3.05) is 13.7 Å². The zero-order chi connectivity index (χ0) is 24.0. The first-order valence-electron chi connectivity index (χ1n) is 11.6. The van der Waals surface area contributed by atoms with E-state index in [1.54, 1.807) is 47.2 Å². The molecule has 4 rings (SSSR count). The van der Waals surface area contributed by atoms with E-state index >= 15 is 0 Å². The van der Waals surface area contributed by atoms with Crippen LogP contribution in [0.3, 0.4) is 0 Å². The fourth-order valence-corrected chi connectivity index (χ4v) is 5.99. The first-order chi connectivity index (χ1) is 16.5. The monoisotopic (exact) mass is 485 g/mol. The third kappa shape index (κ3) is 5.77. The fourth-order valence-electron chi connectivity index (χ4n) is 4.48. The van der Waals surface area contributed by atoms with Crippen molar-refractivity contribution in [2.45, 2.75) is 56.2 Å². The van der Waals surface area contributed by atoms with Crippen LogP contribution >= 0.6 is 0 Å². The number of ether oxygens (including phenoxy) is 1. The highest BCUT2D eigenvalue weighted by Crippen LogP contribution is 2.28. The number of furan rings is 1. The maximum Gasteiger partial charge on any atom is 0.228 e. The molecule has 0 radical (unpaired) electrons. The summed E-state index contributed by atoms with van der Waals surface area (Å²) in [5.41, 5.74) is 1.35. The van der Waals surface area contributed by atoms with Crippen LogP contribution < -0.4 is 0 Å². The molecule has 0 bridgehead atoms. The number of carbonyl (C=O) groups is 1. The van der Waals surface area contributed by atoms with Gasteiger partial charge in [0.2, 0.25) is 20.9 Å². The highest BCUT2D eigenvalue weighted by atomic mass is 32.2. The van der Waals surface area contributed by atoms with E-state index in [1.807, 2.05) is 24.3 Å². The summed E-state index contributed by atoms with van der Waals surface area (Å²) in [5.74, 6) is 0.605. The van der Waals surface area contributed by atoms with Gasteiger partial charge in [0.05, 0.1) is 43.6 Å². The molecule has 182 valence electrons. The maximum absolute atomic E-state index is 13.4. The first kappa shape index (κ1) is 24.2. The molecule has 0 saturated heterocycles. The number of amides is 1. The molecule has 3 aromatic rings. The Balaban J connectivity index is 1.63. The molecule has 8 nitrogen and oxygen atoms in total. The molecule has 0 spiro atoms. The quantitative estimate of drug-likeness (QED) is 0.410. The minimum absolute atomic E-state index is 0.00494. The summed E-state index contributed by atoms with van der Waals surface area (Å²) in [4.78, 5) is 19.4. The van der Waals surface area contributed by atoms with Gasteiger partial charge in [-0.3, -0.25) is 4.79 Å². The van der Waals surface area contributed by atoms with E-state index in [-0.39, 0.29) is 29.3 Å². The Labute approximate surface area is 200 Å². The van der Waals surface area contributed by atoms with Crippen LogP contribution in [0.5, 0.6) is 0 Å². The summed E-state index contributed by atoms with van der Waals surface area (Å²) in [6.07, 6.45) is 7.02. The van der Waals surface area contributed by atoms with Gasteiger partial charge in [-0.1, -0.05) is 43.2 Å². The van der Waals surface area contributed by atoms with Gasteiger partial charge in [0, 0.05) is 19.6 Å². The van der Waals surface area contributed by atoms with Gasteiger partial charge in [-0.25, -0.2) is 13.4 Å². The minimum Gasteiger partial charge on any atom is -0.467 e. The van der Waals surface area contributed by atoms with Gasteiger partial charge in [0.15, 0.2) is 0 Å². The molecule has 2 heterocycles. The third-order valence-corrected chi connectivity index (χ3v) is 7.79. The number of hydrogen-bond donors (Lipinski definition) is 0. The Kier molecular flexibility index (Phi) is 7.84. The Hall–Kier alpha value is -2.91. The van der Waals surface area contributed by atoms with Crippen LogP contribution in [-0.2, 0) is 44.8 Å². The van der Waals surface area contributed by atoms with Crippen molar-refractivity contribution in [2.24, 2.45) is 5.92 Å². The molecular formula is C25H31N3O5S. The van der Waals surface area contributed by atoms with Gasteiger partial charge in [0.1, 0.15) is 5.76 Å². The van der Waals surface area contributed by atoms with Crippen molar-refractivity contribution < 1.29 is 22.4 Å². The van der Waals surface area contributed by atoms with Crippen molar-refractivity contribution in [1.29, 1.82) is 0 Å². The lowest BCUT2D eigenvalue weighted by Gasteiger charge is -2.25. The zero-order valence-corrected chi connectivity index (χ0v) is 20.2. The Morgan fingerprint density at radius 1 is 1.15 bits per heavy atom. The molecule has 1 aliphatic carbocycles. The third-order valence-electron chi connectivity index (χ3n) is 6.19. The number of aromatic nitrogens is 2. The summed E-state index contributed by atoms with van der Waals surface area (Å²) in [5, 5.41) is -0.00494. The predicted octanol–water partition coefficient (Wildman–Crippen LogP) is 3.82. The Bertz CT molecular complexity index is 1170. The van der Waals surface area contributed by atoms with Crippen LogP contribution in [0.25, 0.3) is 0 Å². The normalized spacial score (nSPS) is 14.5. The van der Waals surface area contributed by atoms with Crippen molar-refractivity contribution >= 4 is 15.7 Å². The van der Waals surface area contributed by atoms with Crippen molar-refractivity contribution in [3.8, 4) is 0 Å². The van der Waals surface area contributed by atoms with Gasteiger partial charge in [-0.2, -0.15) is 0 Å². The van der Waals surface area contributed by atoms with Crippen LogP contribution in [0.1, 0.15) is 42.7 Å². The number of methoxy groups -OCH3 is 1. The summed E-state index contributed by atoms with van der Waals surface area (Å²) in [6, 6.07) is 12.7. The molecule has 1 fully saturated rings. The lowest BCUT2D eigenvalue weighted by molar-refractivity contribution is -0.137. The number of hydrogen-bond acceptors (Lipinski definition) is 6. The molecule has 2 aromatic heterocycles. The second-order valence-corrected chi connectivity index (χ2v) is 10.6. The molecule has 34 heavy (non-hydrogen) atoms. The van der Waals surface area contributed by atoms with E-state index in [0.717, 1.165) is 25.7 Å². The van der Waals surface area contributed by atoms with Gasteiger partial charge >= 0.3 is 0 Å². The molecule has 1 amide bonds. The molecule has 0 atom stereocenters. The van der Waals surface area contributed by atoms with Gasteiger partial charge in [0.25, 0.3) is 0 Å². The highest BCUT2D eigenvalue weighted by molar-refractivity contribution is 7.90. The van der Waals surface area contributed by atoms with E-state index in [9.17, 15) is 13.2 Å². The number of carbonyl (C=O) groups excluding carboxylic acids is 1. The lowest BCUT2D eigenvalue weighted by Crippen LogP contribution is -2.35. The van der Waals surface area contributed by atoms with E-state index in [2.05, 4.69) is 4.98 Å². The Morgan fingerprint density at radius 2 is 1.91 bits per heavy atom. The van der Waals surface area contributed by atoms with Gasteiger partial charge in [-0.05, 0) is 30.5 Å². The topological polar surface area (TPSA) is 94.6 Å². The van der Waals surface area contributed by atoms with E-state index < -0.39 is 9.84 Å². The van der Waals surface area contributed by atoms with Crippen molar-refractivity contribution in [1.82, 2.24) is 14.5 Å². The van der Waals surface area contributed by atoms with Crippen molar-refractivity contribution in [3.05, 3.63) is 71.9 Å². The van der Waals surface area contributed by atoms with E-state index in [0.29, 0.717) is 36.7 Å². The molecule has 1 aromatic carbocycles. The second-order valence-electron chi connectivity index (χ2n) is 8.68. The average molecular weight is 486 g/mol. The predicted molar refractivity (Wildman–Crippen MR) is 126 cm³/mol. The smallest absolute Gasteiger partial charge is 0.228 e. The van der Waals surface area contributed by atoms with E-state index in [4.69, 9.17) is 9.15 Å². The Morgan fingerprint density at radius 3 is 2.59 bits per heavy atom. The minimum atomic E-state index is -3.70. The SMILES string of the molecule is COCCn1c(CN(Cc2ccco2)C(=O)C2CCCC2)cnc1S(=O)(=O)Cc1ccccc1.